The Bertz CT molecular complexity index is 578. The molecule has 0 unspecified atom stereocenters. The Balaban J connectivity index is 1.84. The van der Waals surface area contributed by atoms with E-state index in [1.807, 2.05) is 24.3 Å². The van der Waals surface area contributed by atoms with E-state index in [9.17, 15) is 4.39 Å². The van der Waals surface area contributed by atoms with Crippen molar-refractivity contribution in [2.45, 2.75) is 0 Å². The van der Waals surface area contributed by atoms with Crippen LogP contribution in [0.5, 0.6) is 11.5 Å². The fraction of sp³-hybridized carbons (Fsp3) is 0.200. The fourth-order valence-electron chi connectivity index (χ4n) is 1.72. The average molecular weight is 296 g/mol. The molecule has 0 fully saturated rings. The van der Waals surface area contributed by atoms with Crippen molar-refractivity contribution in [3.8, 4) is 11.5 Å². The summed E-state index contributed by atoms with van der Waals surface area (Å²) in [5.41, 5.74) is 0.401. The molecular formula is C15H15ClFNO2. The van der Waals surface area contributed by atoms with Crippen LogP contribution in [0.25, 0.3) is 0 Å². The summed E-state index contributed by atoms with van der Waals surface area (Å²) in [5.74, 6) is 0.952. The number of anilines is 1. The van der Waals surface area contributed by atoms with Gasteiger partial charge in [0.15, 0.2) is 11.5 Å². The first kappa shape index (κ1) is 14.5. The maximum absolute atomic E-state index is 13.5. The van der Waals surface area contributed by atoms with Crippen molar-refractivity contribution >= 4 is 17.3 Å². The molecule has 2 aromatic carbocycles. The van der Waals surface area contributed by atoms with Gasteiger partial charge in [0.05, 0.1) is 12.8 Å². The molecule has 0 saturated carbocycles. The van der Waals surface area contributed by atoms with Gasteiger partial charge >= 0.3 is 0 Å². The van der Waals surface area contributed by atoms with Gasteiger partial charge in [-0.1, -0.05) is 23.7 Å². The van der Waals surface area contributed by atoms with Crippen LogP contribution < -0.4 is 14.8 Å². The van der Waals surface area contributed by atoms with Gasteiger partial charge in [-0.25, -0.2) is 4.39 Å². The zero-order chi connectivity index (χ0) is 14.4. The summed E-state index contributed by atoms with van der Waals surface area (Å²) >= 11 is 5.69. The second-order valence-corrected chi connectivity index (χ2v) is 4.49. The fourth-order valence-corrected chi connectivity index (χ4v) is 1.88. The highest BCUT2D eigenvalue weighted by Gasteiger charge is 2.04. The van der Waals surface area contributed by atoms with E-state index in [4.69, 9.17) is 21.1 Å². The maximum atomic E-state index is 13.5. The zero-order valence-electron chi connectivity index (χ0n) is 11.0. The Morgan fingerprint density at radius 2 is 1.90 bits per heavy atom. The van der Waals surface area contributed by atoms with E-state index < -0.39 is 0 Å². The maximum Gasteiger partial charge on any atom is 0.161 e. The summed E-state index contributed by atoms with van der Waals surface area (Å²) in [6, 6.07) is 11.9. The van der Waals surface area contributed by atoms with E-state index in [1.54, 1.807) is 19.2 Å². The van der Waals surface area contributed by atoms with Crippen LogP contribution in [0.15, 0.2) is 42.5 Å². The highest BCUT2D eigenvalue weighted by Crippen LogP contribution is 2.25. The third kappa shape index (κ3) is 3.78. The third-order valence-corrected chi connectivity index (χ3v) is 2.91. The Morgan fingerprint density at radius 1 is 1.15 bits per heavy atom. The summed E-state index contributed by atoms with van der Waals surface area (Å²) in [6.07, 6.45) is 0. The van der Waals surface area contributed by atoms with Crippen molar-refractivity contribution in [2.75, 3.05) is 25.6 Å². The number of rotatable bonds is 6. The summed E-state index contributed by atoms with van der Waals surface area (Å²) in [4.78, 5) is 0. The lowest BCUT2D eigenvalue weighted by atomic mass is 10.3. The normalized spacial score (nSPS) is 10.2. The smallest absolute Gasteiger partial charge is 0.161 e. The van der Waals surface area contributed by atoms with E-state index in [1.165, 1.54) is 6.07 Å². The average Bonchev–Trinajstić information content (AvgIpc) is 2.46. The number of hydrogen-bond donors (Lipinski definition) is 1. The predicted octanol–water partition coefficient (Wildman–Crippen LogP) is 3.98. The monoisotopic (exact) mass is 295 g/mol. The van der Waals surface area contributed by atoms with Crippen molar-refractivity contribution in [3.05, 3.63) is 53.3 Å². The first-order chi connectivity index (χ1) is 9.70. The lowest BCUT2D eigenvalue weighted by Gasteiger charge is -2.11. The number of para-hydroxylation sites is 2. The molecular weight excluding hydrogens is 281 g/mol. The van der Waals surface area contributed by atoms with Gasteiger partial charge in [0, 0.05) is 11.6 Å². The van der Waals surface area contributed by atoms with Crippen molar-refractivity contribution in [3.63, 3.8) is 0 Å². The lowest BCUT2D eigenvalue weighted by Crippen LogP contribution is -2.12. The Hall–Kier alpha value is -1.94. The van der Waals surface area contributed by atoms with Gasteiger partial charge in [0.25, 0.3) is 0 Å². The predicted molar refractivity (Wildman–Crippen MR) is 78.4 cm³/mol. The van der Waals surface area contributed by atoms with Gasteiger partial charge in [-0.05, 0) is 30.3 Å². The molecule has 3 nitrogen and oxygen atoms in total. The number of benzene rings is 2. The molecule has 0 bridgehead atoms. The van der Waals surface area contributed by atoms with Crippen molar-refractivity contribution in [2.24, 2.45) is 0 Å². The van der Waals surface area contributed by atoms with E-state index in [0.29, 0.717) is 35.4 Å². The molecule has 0 saturated heterocycles. The minimum atomic E-state index is -0.380. The molecule has 0 radical (unpaired) electrons. The molecule has 1 N–H and O–H groups in total. The van der Waals surface area contributed by atoms with Crippen LogP contribution in [0, 0.1) is 5.82 Å². The van der Waals surface area contributed by atoms with Crippen LogP contribution in [0.2, 0.25) is 5.02 Å². The minimum Gasteiger partial charge on any atom is -0.493 e. The summed E-state index contributed by atoms with van der Waals surface area (Å²) in [7, 11) is 1.59. The number of ether oxygens (including phenoxy) is 2. The molecule has 2 aromatic rings. The quantitative estimate of drug-likeness (QED) is 0.818. The van der Waals surface area contributed by atoms with Gasteiger partial charge in [0.1, 0.15) is 12.4 Å². The van der Waals surface area contributed by atoms with Crippen LogP contribution in [0.3, 0.4) is 0 Å². The van der Waals surface area contributed by atoms with Crippen LogP contribution in [0.1, 0.15) is 0 Å². The highest BCUT2D eigenvalue weighted by molar-refractivity contribution is 6.30. The second kappa shape index (κ2) is 7.01. The summed E-state index contributed by atoms with van der Waals surface area (Å²) in [6.45, 7) is 0.860. The van der Waals surface area contributed by atoms with Gasteiger partial charge in [0.2, 0.25) is 0 Å². The zero-order valence-corrected chi connectivity index (χ0v) is 11.8. The van der Waals surface area contributed by atoms with Crippen LogP contribution in [-0.4, -0.2) is 20.3 Å². The number of hydrogen-bond acceptors (Lipinski definition) is 3. The summed E-state index contributed by atoms with van der Waals surface area (Å²) in [5, 5.41) is 3.32. The molecule has 0 heterocycles. The first-order valence-corrected chi connectivity index (χ1v) is 6.53. The van der Waals surface area contributed by atoms with Gasteiger partial charge in [-0.3, -0.25) is 0 Å². The Labute approximate surface area is 122 Å². The van der Waals surface area contributed by atoms with E-state index in [-0.39, 0.29) is 5.82 Å². The minimum absolute atomic E-state index is 0.373. The molecule has 20 heavy (non-hydrogen) atoms. The van der Waals surface area contributed by atoms with E-state index >= 15 is 0 Å². The number of nitrogens with one attached hydrogen (secondary N) is 1. The van der Waals surface area contributed by atoms with Gasteiger partial charge in [-0.2, -0.15) is 0 Å². The topological polar surface area (TPSA) is 30.5 Å². The van der Waals surface area contributed by atoms with Gasteiger partial charge in [-0.15, -0.1) is 0 Å². The Morgan fingerprint density at radius 3 is 2.60 bits per heavy atom. The Kier molecular flexibility index (Phi) is 5.07. The van der Waals surface area contributed by atoms with Gasteiger partial charge < -0.3 is 14.8 Å². The number of halogens is 2. The SMILES string of the molecule is COc1ccccc1OCCNc1ccc(Cl)cc1F. The molecule has 0 spiro atoms. The summed E-state index contributed by atoms with van der Waals surface area (Å²) < 4.78 is 24.3. The molecule has 0 aliphatic heterocycles. The first-order valence-electron chi connectivity index (χ1n) is 6.15. The van der Waals surface area contributed by atoms with Crippen molar-refractivity contribution in [1.29, 1.82) is 0 Å². The molecule has 0 aliphatic carbocycles. The third-order valence-electron chi connectivity index (χ3n) is 2.68. The molecule has 5 heteroatoms. The van der Waals surface area contributed by atoms with Crippen molar-refractivity contribution in [1.82, 2.24) is 0 Å². The van der Waals surface area contributed by atoms with E-state index in [0.717, 1.165) is 0 Å². The molecule has 106 valence electrons. The molecule has 0 amide bonds. The molecule has 2 rings (SSSR count). The van der Waals surface area contributed by atoms with Crippen LogP contribution >= 0.6 is 11.6 Å². The van der Waals surface area contributed by atoms with Crippen LogP contribution in [-0.2, 0) is 0 Å². The molecule has 0 atom stereocenters. The second-order valence-electron chi connectivity index (χ2n) is 4.05. The number of methoxy groups -OCH3 is 1. The van der Waals surface area contributed by atoms with Crippen molar-refractivity contribution < 1.29 is 13.9 Å². The van der Waals surface area contributed by atoms with E-state index in [2.05, 4.69) is 5.32 Å². The lowest BCUT2D eigenvalue weighted by molar-refractivity contribution is 0.305. The molecule has 0 aromatic heterocycles. The standard InChI is InChI=1S/C15H15ClFNO2/c1-19-14-4-2-3-5-15(14)20-9-8-18-13-7-6-11(16)10-12(13)17/h2-7,10,18H,8-9H2,1H3. The molecule has 0 aliphatic rings. The largest absolute Gasteiger partial charge is 0.493 e. The van der Waals surface area contributed by atoms with Crippen LogP contribution in [0.4, 0.5) is 10.1 Å². The highest BCUT2D eigenvalue weighted by atomic mass is 35.5.